The summed E-state index contributed by atoms with van der Waals surface area (Å²) in [6.45, 7) is 3.83. The van der Waals surface area contributed by atoms with Gasteiger partial charge in [0.05, 0.1) is 11.7 Å². The van der Waals surface area contributed by atoms with E-state index >= 15 is 0 Å². The van der Waals surface area contributed by atoms with E-state index in [0.29, 0.717) is 5.56 Å². The maximum atomic E-state index is 12.2. The molecule has 2 aromatic rings. The first kappa shape index (κ1) is 14.0. The van der Waals surface area contributed by atoms with Gasteiger partial charge in [-0.15, -0.1) is 0 Å². The van der Waals surface area contributed by atoms with Crippen LogP contribution < -0.4 is 16.6 Å². The Labute approximate surface area is 118 Å². The van der Waals surface area contributed by atoms with Gasteiger partial charge in [0, 0.05) is 18.0 Å². The molecule has 5 nitrogen and oxygen atoms in total. The number of aryl methyl sites for hydroxylation is 1. The van der Waals surface area contributed by atoms with Crippen LogP contribution in [-0.4, -0.2) is 10.9 Å². The molecular weight excluding hydrogens is 252 g/mol. The van der Waals surface area contributed by atoms with Crippen LogP contribution in [0.4, 0.5) is 5.69 Å². The number of benzene rings is 1. The third-order valence-electron chi connectivity index (χ3n) is 3.18. The van der Waals surface area contributed by atoms with E-state index in [-0.39, 0.29) is 11.9 Å². The number of nitrogens with zero attached hydrogens (tertiary/aromatic N) is 1. The second kappa shape index (κ2) is 6.16. The van der Waals surface area contributed by atoms with Gasteiger partial charge in [-0.3, -0.25) is 15.6 Å². The number of aromatic nitrogens is 1. The third kappa shape index (κ3) is 3.13. The van der Waals surface area contributed by atoms with Gasteiger partial charge >= 0.3 is 0 Å². The van der Waals surface area contributed by atoms with Gasteiger partial charge in [0.1, 0.15) is 0 Å². The van der Waals surface area contributed by atoms with Crippen molar-refractivity contribution in [3.8, 4) is 0 Å². The number of hydrazine groups is 1. The molecule has 2 rings (SSSR count). The van der Waals surface area contributed by atoms with Crippen LogP contribution in [0.2, 0.25) is 0 Å². The van der Waals surface area contributed by atoms with Crippen molar-refractivity contribution >= 4 is 11.6 Å². The van der Waals surface area contributed by atoms with E-state index in [0.717, 1.165) is 16.8 Å². The molecule has 1 atom stereocenters. The smallest absolute Gasteiger partial charge is 0.251 e. The molecule has 0 saturated heterocycles. The lowest BCUT2D eigenvalue weighted by atomic mass is 10.1. The molecule has 0 fully saturated rings. The Morgan fingerprint density at radius 2 is 2.15 bits per heavy atom. The van der Waals surface area contributed by atoms with Gasteiger partial charge in [0.2, 0.25) is 0 Å². The lowest BCUT2D eigenvalue weighted by Gasteiger charge is -2.14. The highest BCUT2D eigenvalue weighted by molar-refractivity contribution is 5.95. The number of anilines is 1. The van der Waals surface area contributed by atoms with E-state index < -0.39 is 0 Å². The molecule has 1 aromatic carbocycles. The zero-order valence-corrected chi connectivity index (χ0v) is 11.6. The maximum absolute atomic E-state index is 12.2. The van der Waals surface area contributed by atoms with Crippen molar-refractivity contribution in [3.05, 3.63) is 59.4 Å². The summed E-state index contributed by atoms with van der Waals surface area (Å²) < 4.78 is 0. The number of nitrogens with one attached hydrogen (secondary N) is 2. The molecule has 1 aromatic heterocycles. The van der Waals surface area contributed by atoms with Crippen molar-refractivity contribution in [2.45, 2.75) is 19.9 Å². The number of carbonyl (C=O) groups excluding carboxylic acids is 1. The Kier molecular flexibility index (Phi) is 4.32. The first-order valence-electron chi connectivity index (χ1n) is 6.40. The molecule has 0 saturated carbocycles. The predicted molar refractivity (Wildman–Crippen MR) is 79.1 cm³/mol. The summed E-state index contributed by atoms with van der Waals surface area (Å²) in [5.41, 5.74) is 5.90. The average Bonchev–Trinajstić information content (AvgIpc) is 2.48. The van der Waals surface area contributed by atoms with Gasteiger partial charge in [-0.25, -0.2) is 0 Å². The molecule has 104 valence electrons. The molecule has 0 aliphatic rings. The lowest BCUT2D eigenvalue weighted by molar-refractivity contribution is 0.0940. The predicted octanol–water partition coefficient (Wildman–Crippen LogP) is 2.17. The molecule has 0 aliphatic heterocycles. The Hall–Kier alpha value is -2.40. The van der Waals surface area contributed by atoms with E-state index in [2.05, 4.69) is 15.7 Å². The summed E-state index contributed by atoms with van der Waals surface area (Å²) in [7, 11) is 0. The van der Waals surface area contributed by atoms with E-state index in [1.165, 1.54) is 0 Å². The van der Waals surface area contributed by atoms with Crippen LogP contribution in [0.3, 0.4) is 0 Å². The van der Waals surface area contributed by atoms with E-state index in [9.17, 15) is 4.79 Å². The standard InChI is InChI=1S/C15H18N4O/c1-10-8-12(5-6-14(10)19-16)15(20)18-11(2)13-4-3-7-17-9-13/h3-9,11,19H,16H2,1-2H3,(H,18,20). The molecule has 20 heavy (non-hydrogen) atoms. The Morgan fingerprint density at radius 3 is 2.75 bits per heavy atom. The summed E-state index contributed by atoms with van der Waals surface area (Å²) in [6, 6.07) is 9.03. The fourth-order valence-corrected chi connectivity index (χ4v) is 1.96. The van der Waals surface area contributed by atoms with Gasteiger partial charge in [0.25, 0.3) is 5.91 Å². The number of carbonyl (C=O) groups is 1. The fourth-order valence-electron chi connectivity index (χ4n) is 1.96. The van der Waals surface area contributed by atoms with Crippen molar-refractivity contribution in [2.24, 2.45) is 5.84 Å². The van der Waals surface area contributed by atoms with E-state index in [4.69, 9.17) is 5.84 Å². The van der Waals surface area contributed by atoms with Crippen LogP contribution in [0, 0.1) is 6.92 Å². The van der Waals surface area contributed by atoms with Crippen LogP contribution in [0.15, 0.2) is 42.7 Å². The number of hydrogen-bond acceptors (Lipinski definition) is 4. The van der Waals surface area contributed by atoms with Crippen molar-refractivity contribution in [1.29, 1.82) is 0 Å². The second-order valence-electron chi connectivity index (χ2n) is 4.66. The molecule has 0 radical (unpaired) electrons. The molecule has 0 aliphatic carbocycles. The summed E-state index contributed by atoms with van der Waals surface area (Å²) >= 11 is 0. The third-order valence-corrected chi connectivity index (χ3v) is 3.18. The highest BCUT2D eigenvalue weighted by Crippen LogP contribution is 2.16. The summed E-state index contributed by atoms with van der Waals surface area (Å²) in [5, 5.41) is 2.95. The van der Waals surface area contributed by atoms with Crippen molar-refractivity contribution in [2.75, 3.05) is 5.43 Å². The van der Waals surface area contributed by atoms with Crippen LogP contribution in [-0.2, 0) is 0 Å². The van der Waals surface area contributed by atoms with Crippen molar-refractivity contribution in [1.82, 2.24) is 10.3 Å². The van der Waals surface area contributed by atoms with E-state index in [1.54, 1.807) is 30.6 Å². The zero-order chi connectivity index (χ0) is 14.5. The Balaban J connectivity index is 2.10. The minimum atomic E-state index is -0.118. The number of hydrogen-bond donors (Lipinski definition) is 3. The summed E-state index contributed by atoms with van der Waals surface area (Å²) in [6.07, 6.45) is 3.46. The van der Waals surface area contributed by atoms with Gasteiger partial charge in [-0.1, -0.05) is 6.07 Å². The van der Waals surface area contributed by atoms with Gasteiger partial charge in [-0.05, 0) is 49.2 Å². The minimum Gasteiger partial charge on any atom is -0.345 e. The molecule has 0 spiro atoms. The van der Waals surface area contributed by atoms with Gasteiger partial charge < -0.3 is 10.7 Å². The first-order chi connectivity index (χ1) is 9.61. The van der Waals surface area contributed by atoms with Crippen LogP contribution in [0.5, 0.6) is 0 Å². The fraction of sp³-hybridized carbons (Fsp3) is 0.200. The molecular formula is C15H18N4O. The Morgan fingerprint density at radius 1 is 1.35 bits per heavy atom. The number of pyridine rings is 1. The summed E-state index contributed by atoms with van der Waals surface area (Å²) in [4.78, 5) is 16.2. The molecule has 1 heterocycles. The molecule has 1 amide bonds. The first-order valence-corrected chi connectivity index (χ1v) is 6.40. The topological polar surface area (TPSA) is 80.0 Å². The van der Waals surface area contributed by atoms with Crippen LogP contribution in [0.1, 0.15) is 34.5 Å². The molecule has 5 heteroatoms. The van der Waals surface area contributed by atoms with Crippen molar-refractivity contribution < 1.29 is 4.79 Å². The lowest BCUT2D eigenvalue weighted by Crippen LogP contribution is -2.26. The monoisotopic (exact) mass is 270 g/mol. The highest BCUT2D eigenvalue weighted by atomic mass is 16.1. The number of rotatable bonds is 4. The van der Waals surface area contributed by atoms with E-state index in [1.807, 2.05) is 26.0 Å². The highest BCUT2D eigenvalue weighted by Gasteiger charge is 2.12. The molecule has 1 unspecified atom stereocenters. The molecule has 0 bridgehead atoms. The SMILES string of the molecule is Cc1cc(C(=O)NC(C)c2cccnc2)ccc1NN. The van der Waals surface area contributed by atoms with Crippen molar-refractivity contribution in [3.63, 3.8) is 0 Å². The van der Waals surface area contributed by atoms with Crippen LogP contribution >= 0.6 is 0 Å². The maximum Gasteiger partial charge on any atom is 0.251 e. The van der Waals surface area contributed by atoms with Gasteiger partial charge in [-0.2, -0.15) is 0 Å². The normalized spacial score (nSPS) is 11.8. The number of nitrogens with two attached hydrogens (primary N) is 1. The second-order valence-corrected chi connectivity index (χ2v) is 4.66. The zero-order valence-electron chi connectivity index (χ0n) is 11.6. The molecule has 4 N–H and O–H groups in total. The van der Waals surface area contributed by atoms with Gasteiger partial charge in [0.15, 0.2) is 0 Å². The quantitative estimate of drug-likeness (QED) is 0.587. The summed E-state index contributed by atoms with van der Waals surface area (Å²) in [5.74, 6) is 5.26. The Bertz CT molecular complexity index is 598. The average molecular weight is 270 g/mol. The number of nitrogen functional groups attached to an aromatic ring is 1. The largest absolute Gasteiger partial charge is 0.345 e. The van der Waals surface area contributed by atoms with Crippen LogP contribution in [0.25, 0.3) is 0 Å². The minimum absolute atomic E-state index is 0.0937. The number of amides is 1.